The molecule has 2 aromatic rings. The van der Waals surface area contributed by atoms with Crippen molar-refractivity contribution in [2.75, 3.05) is 20.2 Å². The Morgan fingerprint density at radius 3 is 2.09 bits per heavy atom. The van der Waals surface area contributed by atoms with E-state index >= 15 is 0 Å². The van der Waals surface area contributed by atoms with Gasteiger partial charge in [0.05, 0.1) is 5.41 Å². The first-order valence-electron chi connectivity index (χ1n) is 12.1. The summed E-state index contributed by atoms with van der Waals surface area (Å²) < 4.78 is 5.71. The second-order valence-corrected chi connectivity index (χ2v) is 10.1. The molecule has 35 heavy (non-hydrogen) atoms. The molecule has 0 radical (unpaired) electrons. The third kappa shape index (κ3) is 5.84. The van der Waals surface area contributed by atoms with Crippen molar-refractivity contribution in [1.29, 1.82) is 0 Å². The lowest BCUT2D eigenvalue weighted by Gasteiger charge is -2.38. The number of carboxylic acids is 1. The van der Waals surface area contributed by atoms with Gasteiger partial charge >= 0.3 is 12.1 Å². The zero-order chi connectivity index (χ0) is 25.8. The summed E-state index contributed by atoms with van der Waals surface area (Å²) in [5.74, 6) is -1.11. The molecule has 0 bridgehead atoms. The predicted octanol–water partition coefficient (Wildman–Crippen LogP) is 4.90. The van der Waals surface area contributed by atoms with Crippen LogP contribution in [0.4, 0.5) is 4.79 Å². The average molecular weight is 481 g/mol. The first kappa shape index (κ1) is 26.3. The number of hydrogen-bond acceptors (Lipinski definition) is 4. The number of carbonyl (C=O) groups excluding carboxylic acids is 2. The van der Waals surface area contributed by atoms with Crippen LogP contribution in [0.15, 0.2) is 48.5 Å². The van der Waals surface area contributed by atoms with E-state index in [0.29, 0.717) is 13.0 Å². The van der Waals surface area contributed by atoms with Crippen molar-refractivity contribution in [2.24, 2.45) is 11.3 Å². The van der Waals surface area contributed by atoms with Crippen LogP contribution in [0.2, 0.25) is 0 Å². The quantitative estimate of drug-likeness (QED) is 0.504. The van der Waals surface area contributed by atoms with Crippen LogP contribution < -0.4 is 5.32 Å². The number of amides is 2. The fraction of sp³-hybridized carbons (Fsp3) is 0.464. The minimum absolute atomic E-state index is 0.00363. The number of alkyl carbamates (subject to hydrolysis) is 1. The van der Waals surface area contributed by atoms with E-state index in [1.54, 1.807) is 20.9 Å². The number of rotatable bonds is 10. The maximum Gasteiger partial charge on any atom is 0.407 e. The largest absolute Gasteiger partial charge is 0.481 e. The Morgan fingerprint density at radius 1 is 1.03 bits per heavy atom. The van der Waals surface area contributed by atoms with Crippen LogP contribution in [0, 0.1) is 11.3 Å². The van der Waals surface area contributed by atoms with Gasteiger partial charge in [-0.1, -0.05) is 62.4 Å². The Balaban J connectivity index is 1.66. The molecule has 2 N–H and O–H groups in total. The van der Waals surface area contributed by atoms with Crippen LogP contribution in [-0.2, 0) is 14.3 Å². The van der Waals surface area contributed by atoms with Crippen molar-refractivity contribution in [2.45, 2.75) is 52.5 Å². The molecule has 0 saturated carbocycles. The summed E-state index contributed by atoms with van der Waals surface area (Å²) in [6.07, 6.45) is -0.177. The highest BCUT2D eigenvalue weighted by molar-refractivity contribution is 5.83. The van der Waals surface area contributed by atoms with E-state index < -0.39 is 23.5 Å². The smallest absolute Gasteiger partial charge is 0.407 e. The Labute approximate surface area is 207 Å². The standard InChI is InChI=1S/C28H36N2O5/c1-18(2)25(28(3,4)26(33)30(5)16-10-15-24(31)32)29-27(34)35-17-23-21-13-8-6-11-19(21)20-12-7-9-14-22(20)23/h6-9,11-14,18,23,25H,10,15-17H2,1-5H3,(H,29,34)(H,31,32). The highest BCUT2D eigenvalue weighted by Gasteiger charge is 2.41. The van der Waals surface area contributed by atoms with Gasteiger partial charge in [0.2, 0.25) is 5.91 Å². The summed E-state index contributed by atoms with van der Waals surface area (Å²) in [7, 11) is 1.66. The van der Waals surface area contributed by atoms with Crippen LogP contribution >= 0.6 is 0 Å². The minimum atomic E-state index is -0.905. The second kappa shape index (κ2) is 10.9. The average Bonchev–Trinajstić information content (AvgIpc) is 3.13. The van der Waals surface area contributed by atoms with E-state index in [4.69, 9.17) is 9.84 Å². The Morgan fingerprint density at radius 2 is 1.57 bits per heavy atom. The van der Waals surface area contributed by atoms with E-state index in [0.717, 1.165) is 22.3 Å². The highest BCUT2D eigenvalue weighted by Crippen LogP contribution is 2.44. The third-order valence-corrected chi connectivity index (χ3v) is 6.84. The molecule has 2 aromatic carbocycles. The number of carboxylic acid groups (broad SMARTS) is 1. The zero-order valence-electron chi connectivity index (χ0n) is 21.2. The number of fused-ring (bicyclic) bond motifs is 3. The van der Waals surface area contributed by atoms with Gasteiger partial charge in [0.1, 0.15) is 6.61 Å². The molecule has 0 aromatic heterocycles. The number of hydrogen-bond donors (Lipinski definition) is 2. The first-order valence-corrected chi connectivity index (χ1v) is 12.1. The van der Waals surface area contributed by atoms with Crippen molar-refractivity contribution < 1.29 is 24.2 Å². The summed E-state index contributed by atoms with van der Waals surface area (Å²) >= 11 is 0. The molecule has 0 spiro atoms. The molecular weight excluding hydrogens is 444 g/mol. The molecule has 3 rings (SSSR count). The van der Waals surface area contributed by atoms with Gasteiger partial charge < -0.3 is 20.1 Å². The van der Waals surface area contributed by atoms with E-state index in [1.807, 2.05) is 38.1 Å². The molecule has 1 unspecified atom stereocenters. The number of benzene rings is 2. The van der Waals surface area contributed by atoms with Gasteiger partial charge in [-0.05, 0) is 48.4 Å². The lowest BCUT2D eigenvalue weighted by atomic mass is 9.77. The van der Waals surface area contributed by atoms with Crippen molar-refractivity contribution in [3.8, 4) is 11.1 Å². The molecule has 0 heterocycles. The van der Waals surface area contributed by atoms with Gasteiger partial charge in [0.15, 0.2) is 0 Å². The van der Waals surface area contributed by atoms with Crippen LogP contribution in [0.3, 0.4) is 0 Å². The maximum atomic E-state index is 13.2. The molecule has 7 nitrogen and oxygen atoms in total. The van der Waals surface area contributed by atoms with E-state index in [1.165, 1.54) is 4.90 Å². The van der Waals surface area contributed by atoms with Gasteiger partial charge in [0.25, 0.3) is 0 Å². The lowest BCUT2D eigenvalue weighted by Crippen LogP contribution is -2.55. The van der Waals surface area contributed by atoms with Crippen LogP contribution in [-0.4, -0.2) is 54.2 Å². The van der Waals surface area contributed by atoms with Gasteiger partial charge in [-0.15, -0.1) is 0 Å². The van der Waals surface area contributed by atoms with Gasteiger partial charge in [0, 0.05) is 32.0 Å². The van der Waals surface area contributed by atoms with Crippen LogP contribution in [0.1, 0.15) is 57.6 Å². The Kier molecular flexibility index (Phi) is 8.20. The normalized spacial score (nSPS) is 13.7. The molecule has 2 amide bonds. The molecule has 0 saturated heterocycles. The van der Waals surface area contributed by atoms with Crippen molar-refractivity contribution in [1.82, 2.24) is 10.2 Å². The number of aliphatic carboxylic acids is 1. The maximum absolute atomic E-state index is 13.2. The number of nitrogens with zero attached hydrogens (tertiary/aromatic N) is 1. The Hall–Kier alpha value is -3.35. The highest BCUT2D eigenvalue weighted by atomic mass is 16.5. The number of nitrogens with one attached hydrogen (secondary N) is 1. The molecule has 1 aliphatic rings. The summed E-state index contributed by atoms with van der Waals surface area (Å²) in [6, 6.07) is 15.9. The topological polar surface area (TPSA) is 95.9 Å². The second-order valence-electron chi connectivity index (χ2n) is 10.1. The van der Waals surface area contributed by atoms with Crippen molar-refractivity contribution in [3.05, 3.63) is 59.7 Å². The monoisotopic (exact) mass is 480 g/mol. The molecule has 1 aliphatic carbocycles. The Bertz CT molecular complexity index is 1030. The number of ether oxygens (including phenoxy) is 1. The molecule has 7 heteroatoms. The summed E-state index contributed by atoms with van der Waals surface area (Å²) in [5, 5.41) is 11.8. The van der Waals surface area contributed by atoms with E-state index in [9.17, 15) is 14.4 Å². The van der Waals surface area contributed by atoms with Crippen molar-refractivity contribution >= 4 is 18.0 Å². The summed E-state index contributed by atoms with van der Waals surface area (Å²) in [5.41, 5.74) is 3.70. The molecule has 0 aliphatic heterocycles. The molecule has 0 fully saturated rings. The minimum Gasteiger partial charge on any atom is -0.481 e. The van der Waals surface area contributed by atoms with Crippen LogP contribution in [0.25, 0.3) is 11.1 Å². The third-order valence-electron chi connectivity index (χ3n) is 6.84. The first-order chi connectivity index (χ1) is 16.5. The molecule has 188 valence electrons. The fourth-order valence-corrected chi connectivity index (χ4v) is 5.14. The van der Waals surface area contributed by atoms with Gasteiger partial charge in [-0.3, -0.25) is 9.59 Å². The van der Waals surface area contributed by atoms with E-state index in [2.05, 4.69) is 29.6 Å². The summed E-state index contributed by atoms with van der Waals surface area (Å²) in [4.78, 5) is 38.4. The summed E-state index contributed by atoms with van der Waals surface area (Å²) in [6.45, 7) is 8.05. The van der Waals surface area contributed by atoms with Crippen molar-refractivity contribution in [3.63, 3.8) is 0 Å². The van der Waals surface area contributed by atoms with Gasteiger partial charge in [-0.25, -0.2) is 4.79 Å². The molecular formula is C28H36N2O5. The predicted molar refractivity (Wildman–Crippen MR) is 135 cm³/mol. The van der Waals surface area contributed by atoms with Crippen LogP contribution in [0.5, 0.6) is 0 Å². The van der Waals surface area contributed by atoms with Gasteiger partial charge in [-0.2, -0.15) is 0 Å². The SMILES string of the molecule is CC(C)C(NC(=O)OCC1c2ccccc2-c2ccccc21)C(C)(C)C(=O)N(C)CCCC(=O)O. The zero-order valence-corrected chi connectivity index (χ0v) is 21.2. The fourth-order valence-electron chi connectivity index (χ4n) is 5.14. The lowest BCUT2D eigenvalue weighted by molar-refractivity contribution is -0.142. The molecule has 1 atom stereocenters. The number of carbonyl (C=O) groups is 3. The van der Waals surface area contributed by atoms with E-state index in [-0.39, 0.29) is 30.8 Å².